The van der Waals surface area contributed by atoms with Crippen LogP contribution < -0.4 is 9.47 Å². The molecular formula is C14H20ClNO3. The first-order valence-corrected chi connectivity index (χ1v) is 6.46. The molecule has 0 aliphatic carbocycles. The zero-order valence-corrected chi connectivity index (χ0v) is 12.7. The van der Waals surface area contributed by atoms with Gasteiger partial charge in [0.2, 0.25) is 0 Å². The van der Waals surface area contributed by atoms with Gasteiger partial charge in [-0.05, 0) is 26.0 Å². The second-order valence-corrected chi connectivity index (χ2v) is 5.18. The van der Waals surface area contributed by atoms with E-state index in [1.807, 2.05) is 13.8 Å². The normalized spacial score (nSPS) is 11.1. The molecule has 0 aromatic heterocycles. The van der Waals surface area contributed by atoms with Crippen molar-refractivity contribution in [2.24, 2.45) is 0 Å². The van der Waals surface area contributed by atoms with E-state index >= 15 is 0 Å². The van der Waals surface area contributed by atoms with Crippen LogP contribution in [-0.4, -0.2) is 43.5 Å². The Morgan fingerprint density at radius 1 is 1.21 bits per heavy atom. The molecule has 0 radical (unpaired) electrons. The van der Waals surface area contributed by atoms with Crippen LogP contribution >= 0.6 is 11.6 Å². The van der Waals surface area contributed by atoms with Crippen LogP contribution in [-0.2, 0) is 0 Å². The highest BCUT2D eigenvalue weighted by molar-refractivity contribution is 6.18. The molecule has 19 heavy (non-hydrogen) atoms. The second kappa shape index (κ2) is 6.15. The van der Waals surface area contributed by atoms with Crippen LogP contribution in [0.15, 0.2) is 18.2 Å². The fourth-order valence-electron chi connectivity index (χ4n) is 1.49. The van der Waals surface area contributed by atoms with Gasteiger partial charge in [0.05, 0.1) is 19.8 Å². The third-order valence-corrected chi connectivity index (χ3v) is 3.79. The molecule has 0 aliphatic heterocycles. The molecule has 0 heterocycles. The number of rotatable bonds is 5. The van der Waals surface area contributed by atoms with Crippen molar-refractivity contribution in [3.05, 3.63) is 23.8 Å². The molecule has 4 nitrogen and oxygen atoms in total. The summed E-state index contributed by atoms with van der Waals surface area (Å²) in [6.45, 7) is 3.82. The molecule has 1 amide bonds. The summed E-state index contributed by atoms with van der Waals surface area (Å²) in [4.78, 5) is 14.1. The lowest BCUT2D eigenvalue weighted by atomic mass is 10.0. The number of nitrogens with zero attached hydrogens (tertiary/aromatic N) is 1. The number of carbonyl (C=O) groups is 1. The molecular weight excluding hydrogens is 266 g/mol. The molecule has 1 rings (SSSR count). The number of benzene rings is 1. The van der Waals surface area contributed by atoms with E-state index in [9.17, 15) is 4.79 Å². The van der Waals surface area contributed by atoms with Gasteiger partial charge in [-0.3, -0.25) is 4.79 Å². The molecule has 1 aromatic carbocycles. The quantitative estimate of drug-likeness (QED) is 0.781. The Hall–Kier alpha value is -1.42. The molecule has 1 aromatic rings. The van der Waals surface area contributed by atoms with Crippen LogP contribution in [0.4, 0.5) is 0 Å². The summed E-state index contributed by atoms with van der Waals surface area (Å²) in [7, 11) is 4.83. The van der Waals surface area contributed by atoms with Gasteiger partial charge in [0.15, 0.2) is 0 Å². The maximum atomic E-state index is 12.4. The van der Waals surface area contributed by atoms with Gasteiger partial charge in [0.1, 0.15) is 11.5 Å². The Labute approximate surface area is 119 Å². The van der Waals surface area contributed by atoms with Crippen molar-refractivity contribution in [1.29, 1.82) is 0 Å². The van der Waals surface area contributed by atoms with Gasteiger partial charge in [-0.25, -0.2) is 0 Å². The van der Waals surface area contributed by atoms with Crippen molar-refractivity contribution in [2.45, 2.75) is 19.4 Å². The molecule has 0 aliphatic rings. The molecule has 0 unspecified atom stereocenters. The van der Waals surface area contributed by atoms with Gasteiger partial charge in [0.25, 0.3) is 5.91 Å². The third-order valence-electron chi connectivity index (χ3n) is 3.14. The first kappa shape index (κ1) is 15.6. The minimum Gasteiger partial charge on any atom is -0.497 e. The van der Waals surface area contributed by atoms with Crippen LogP contribution in [0.3, 0.4) is 0 Å². The summed E-state index contributed by atoms with van der Waals surface area (Å²) >= 11 is 5.89. The number of halogens is 1. The smallest absolute Gasteiger partial charge is 0.254 e. The van der Waals surface area contributed by atoms with Crippen molar-refractivity contribution < 1.29 is 14.3 Å². The summed E-state index contributed by atoms with van der Waals surface area (Å²) in [6, 6.07) is 5.10. The lowest BCUT2D eigenvalue weighted by molar-refractivity contribution is 0.0659. The van der Waals surface area contributed by atoms with Gasteiger partial charge in [-0.15, -0.1) is 11.6 Å². The highest BCUT2D eigenvalue weighted by Gasteiger charge is 2.27. The zero-order valence-electron chi connectivity index (χ0n) is 12.0. The number of carbonyl (C=O) groups excluding carboxylic acids is 1. The van der Waals surface area contributed by atoms with Gasteiger partial charge < -0.3 is 14.4 Å². The van der Waals surface area contributed by atoms with Crippen molar-refractivity contribution in [2.75, 3.05) is 27.1 Å². The predicted molar refractivity (Wildman–Crippen MR) is 76.4 cm³/mol. The van der Waals surface area contributed by atoms with Crippen LogP contribution in [0.2, 0.25) is 0 Å². The number of methoxy groups -OCH3 is 2. The van der Waals surface area contributed by atoms with E-state index in [1.54, 1.807) is 44.4 Å². The Kier molecular flexibility index (Phi) is 5.06. The lowest BCUT2D eigenvalue weighted by Crippen LogP contribution is -2.46. The van der Waals surface area contributed by atoms with Gasteiger partial charge in [-0.1, -0.05) is 0 Å². The molecule has 0 atom stereocenters. The Bertz CT molecular complexity index is 438. The summed E-state index contributed by atoms with van der Waals surface area (Å²) in [6.07, 6.45) is 0. The first-order chi connectivity index (χ1) is 8.85. The van der Waals surface area contributed by atoms with E-state index in [1.165, 1.54) is 0 Å². The Morgan fingerprint density at radius 2 is 1.68 bits per heavy atom. The summed E-state index contributed by atoms with van der Waals surface area (Å²) in [5.74, 6) is 1.40. The predicted octanol–water partition coefficient (Wildman–Crippen LogP) is 2.79. The number of amides is 1. The average Bonchev–Trinajstić information content (AvgIpc) is 2.44. The number of alkyl halides is 1. The highest BCUT2D eigenvalue weighted by atomic mass is 35.5. The minimum atomic E-state index is -0.422. The van der Waals surface area contributed by atoms with Crippen molar-refractivity contribution in [1.82, 2.24) is 4.90 Å². The van der Waals surface area contributed by atoms with E-state index in [4.69, 9.17) is 21.1 Å². The highest BCUT2D eigenvalue weighted by Crippen LogP contribution is 2.25. The first-order valence-electron chi connectivity index (χ1n) is 5.93. The Morgan fingerprint density at radius 3 is 2.05 bits per heavy atom. The largest absolute Gasteiger partial charge is 0.497 e. The second-order valence-electron chi connectivity index (χ2n) is 4.91. The topological polar surface area (TPSA) is 38.8 Å². The van der Waals surface area contributed by atoms with Crippen molar-refractivity contribution in [3.63, 3.8) is 0 Å². The molecule has 5 heteroatoms. The number of ether oxygens (including phenoxy) is 2. The van der Waals surface area contributed by atoms with Crippen molar-refractivity contribution >= 4 is 17.5 Å². The van der Waals surface area contributed by atoms with E-state index in [0.717, 1.165) is 0 Å². The third kappa shape index (κ3) is 3.53. The van der Waals surface area contributed by atoms with Crippen LogP contribution in [0.25, 0.3) is 0 Å². The van der Waals surface area contributed by atoms with Gasteiger partial charge in [-0.2, -0.15) is 0 Å². The monoisotopic (exact) mass is 285 g/mol. The molecule has 106 valence electrons. The van der Waals surface area contributed by atoms with E-state index in [-0.39, 0.29) is 5.91 Å². The standard InChI is InChI=1S/C14H20ClNO3/c1-14(2,9-15)16(3)13(17)10-6-11(18-4)8-12(7-10)19-5/h6-8H,9H2,1-5H3. The van der Waals surface area contributed by atoms with Crippen LogP contribution in [0.5, 0.6) is 11.5 Å². The number of hydrogen-bond acceptors (Lipinski definition) is 3. The van der Waals surface area contributed by atoms with Crippen molar-refractivity contribution in [3.8, 4) is 11.5 Å². The Balaban J connectivity index is 3.12. The van der Waals surface area contributed by atoms with Crippen LogP contribution in [0, 0.1) is 0 Å². The lowest BCUT2D eigenvalue weighted by Gasteiger charge is -2.34. The average molecular weight is 286 g/mol. The molecule has 0 saturated heterocycles. The molecule has 0 spiro atoms. The van der Waals surface area contributed by atoms with Gasteiger partial charge in [0, 0.05) is 24.6 Å². The molecule has 0 N–H and O–H groups in total. The number of hydrogen-bond donors (Lipinski definition) is 0. The zero-order chi connectivity index (χ0) is 14.6. The summed E-state index contributed by atoms with van der Waals surface area (Å²) in [5.41, 5.74) is 0.0893. The molecule has 0 bridgehead atoms. The van der Waals surface area contributed by atoms with E-state index in [0.29, 0.717) is 22.9 Å². The summed E-state index contributed by atoms with van der Waals surface area (Å²) in [5, 5.41) is 0. The summed E-state index contributed by atoms with van der Waals surface area (Å²) < 4.78 is 10.3. The SMILES string of the molecule is COc1cc(OC)cc(C(=O)N(C)C(C)(C)CCl)c1. The fourth-order valence-corrected chi connectivity index (χ4v) is 1.67. The maximum absolute atomic E-state index is 12.4. The minimum absolute atomic E-state index is 0.122. The molecule has 0 fully saturated rings. The van der Waals surface area contributed by atoms with Gasteiger partial charge >= 0.3 is 0 Å². The van der Waals surface area contributed by atoms with Crippen LogP contribution in [0.1, 0.15) is 24.2 Å². The molecule has 0 saturated carbocycles. The van der Waals surface area contributed by atoms with E-state index < -0.39 is 5.54 Å². The fraction of sp³-hybridized carbons (Fsp3) is 0.500. The van der Waals surface area contributed by atoms with E-state index in [2.05, 4.69) is 0 Å². The maximum Gasteiger partial charge on any atom is 0.254 e.